The lowest BCUT2D eigenvalue weighted by molar-refractivity contribution is -0.0898. The van der Waals surface area contributed by atoms with Gasteiger partial charge in [0.05, 0.1) is 5.60 Å². The molecule has 1 amide bonds. The Labute approximate surface area is 168 Å². The zero-order chi connectivity index (χ0) is 19.8. The Bertz CT molecular complexity index is 1010. The van der Waals surface area contributed by atoms with E-state index in [1.807, 2.05) is 58.0 Å². The summed E-state index contributed by atoms with van der Waals surface area (Å²) < 4.78 is 7.43. The maximum absolute atomic E-state index is 12.9. The van der Waals surface area contributed by atoms with Crippen molar-refractivity contribution in [1.82, 2.24) is 19.5 Å². The fourth-order valence-electron chi connectivity index (χ4n) is 4.86. The normalized spacial score (nSPS) is 26.4. The van der Waals surface area contributed by atoms with Crippen LogP contribution in [0.2, 0.25) is 0 Å². The third-order valence-electron chi connectivity index (χ3n) is 6.25. The van der Waals surface area contributed by atoms with Gasteiger partial charge in [-0.25, -0.2) is 4.79 Å². The molecule has 2 aliphatic rings. The Morgan fingerprint density at radius 1 is 1.14 bits per heavy atom. The minimum atomic E-state index is -0.968. The maximum Gasteiger partial charge on any atom is 0.410 e. The minimum absolute atomic E-state index is 0.0209. The van der Waals surface area contributed by atoms with Gasteiger partial charge in [0.15, 0.2) is 5.65 Å². The first-order valence-electron chi connectivity index (χ1n) is 10.1. The summed E-state index contributed by atoms with van der Waals surface area (Å²) in [5, 5.41) is 19.5. The molecule has 1 aromatic carbocycles. The minimum Gasteiger partial charge on any atom is -0.445 e. The number of ether oxygens (including phenoxy) is 1. The molecule has 2 aromatic heterocycles. The molecule has 1 N–H and O–H groups in total. The highest BCUT2D eigenvalue weighted by atomic mass is 16.6. The lowest BCUT2D eigenvalue weighted by Crippen LogP contribution is -2.58. The van der Waals surface area contributed by atoms with Crippen LogP contribution < -0.4 is 0 Å². The molecule has 0 spiro atoms. The van der Waals surface area contributed by atoms with E-state index in [9.17, 15) is 9.90 Å². The topological polar surface area (TPSA) is 80.0 Å². The van der Waals surface area contributed by atoms with Crippen molar-refractivity contribution in [3.8, 4) is 0 Å². The summed E-state index contributed by atoms with van der Waals surface area (Å²) in [6, 6.07) is 13.5. The Balaban J connectivity index is 1.34. The largest absolute Gasteiger partial charge is 0.445 e. The molecular formula is C22H24N4O3. The third kappa shape index (κ3) is 3.35. The van der Waals surface area contributed by atoms with Crippen molar-refractivity contribution in [2.45, 2.75) is 56.4 Å². The quantitative estimate of drug-likeness (QED) is 0.740. The molecule has 0 radical (unpaired) electrons. The van der Waals surface area contributed by atoms with E-state index in [1.165, 1.54) is 0 Å². The zero-order valence-electron chi connectivity index (χ0n) is 16.1. The van der Waals surface area contributed by atoms with Crippen molar-refractivity contribution in [1.29, 1.82) is 0 Å². The highest BCUT2D eigenvalue weighted by Gasteiger charge is 2.48. The van der Waals surface area contributed by atoms with E-state index in [4.69, 9.17) is 4.74 Å². The predicted molar refractivity (Wildman–Crippen MR) is 106 cm³/mol. The molecule has 7 nitrogen and oxygen atoms in total. The first kappa shape index (κ1) is 18.1. The van der Waals surface area contributed by atoms with Crippen LogP contribution in [0.5, 0.6) is 0 Å². The molecule has 150 valence electrons. The predicted octanol–water partition coefficient (Wildman–Crippen LogP) is 3.27. The molecule has 5 rings (SSSR count). The number of rotatable bonds is 3. The fraction of sp³-hybridized carbons (Fsp3) is 0.409. The molecular weight excluding hydrogens is 368 g/mol. The van der Waals surface area contributed by atoms with E-state index < -0.39 is 5.60 Å². The van der Waals surface area contributed by atoms with E-state index in [-0.39, 0.29) is 24.8 Å². The molecule has 2 bridgehead atoms. The Hall–Kier alpha value is -2.93. The number of aromatic nitrogens is 3. The molecule has 0 aliphatic carbocycles. The van der Waals surface area contributed by atoms with Gasteiger partial charge in [-0.3, -0.25) is 4.40 Å². The van der Waals surface area contributed by atoms with Crippen LogP contribution in [0, 0.1) is 0 Å². The number of hydrogen-bond acceptors (Lipinski definition) is 5. The smallest absolute Gasteiger partial charge is 0.410 e. The second-order valence-corrected chi connectivity index (χ2v) is 8.14. The van der Waals surface area contributed by atoms with Crippen molar-refractivity contribution in [3.63, 3.8) is 0 Å². The molecule has 7 heteroatoms. The monoisotopic (exact) mass is 392 g/mol. The number of carbonyl (C=O) groups is 1. The number of nitrogens with zero attached hydrogens (tertiary/aromatic N) is 4. The third-order valence-corrected chi connectivity index (χ3v) is 6.25. The van der Waals surface area contributed by atoms with Crippen LogP contribution in [-0.4, -0.2) is 42.8 Å². The van der Waals surface area contributed by atoms with Gasteiger partial charge in [0.1, 0.15) is 12.9 Å². The number of piperidine rings is 2. The van der Waals surface area contributed by atoms with Crippen LogP contribution in [-0.2, 0) is 16.9 Å². The molecule has 4 heterocycles. The first-order valence-corrected chi connectivity index (χ1v) is 10.1. The maximum atomic E-state index is 12.9. The molecule has 0 saturated carbocycles. The summed E-state index contributed by atoms with van der Waals surface area (Å²) in [5.41, 5.74) is 1.60. The van der Waals surface area contributed by atoms with Gasteiger partial charge >= 0.3 is 6.09 Å². The van der Waals surface area contributed by atoms with Crippen LogP contribution in [0.1, 0.15) is 43.2 Å². The van der Waals surface area contributed by atoms with E-state index in [1.54, 1.807) is 6.33 Å². The summed E-state index contributed by atoms with van der Waals surface area (Å²) in [6.07, 6.45) is 7.11. The molecule has 2 saturated heterocycles. The van der Waals surface area contributed by atoms with Gasteiger partial charge in [0, 0.05) is 36.7 Å². The second kappa shape index (κ2) is 7.15. The number of carbonyl (C=O) groups excluding carboxylic acids is 1. The van der Waals surface area contributed by atoms with Crippen molar-refractivity contribution in [2.24, 2.45) is 0 Å². The van der Waals surface area contributed by atoms with Crippen molar-refractivity contribution >= 4 is 11.7 Å². The number of fused-ring (bicyclic) bond motifs is 3. The average Bonchev–Trinajstić information content (AvgIpc) is 3.20. The average molecular weight is 392 g/mol. The first-order chi connectivity index (χ1) is 14.1. The van der Waals surface area contributed by atoms with E-state index in [0.29, 0.717) is 12.8 Å². The van der Waals surface area contributed by atoms with Crippen LogP contribution in [0.15, 0.2) is 55.0 Å². The lowest BCUT2D eigenvalue weighted by atomic mass is 9.73. The molecule has 2 unspecified atom stereocenters. The summed E-state index contributed by atoms with van der Waals surface area (Å²) in [6.45, 7) is 0.268. The molecule has 2 fully saturated rings. The van der Waals surface area contributed by atoms with Crippen molar-refractivity contribution in [2.75, 3.05) is 0 Å². The van der Waals surface area contributed by atoms with Gasteiger partial charge in [0.25, 0.3) is 0 Å². The van der Waals surface area contributed by atoms with Crippen LogP contribution >= 0.6 is 0 Å². The van der Waals surface area contributed by atoms with Crippen molar-refractivity contribution < 1.29 is 14.6 Å². The van der Waals surface area contributed by atoms with E-state index in [2.05, 4.69) is 10.2 Å². The van der Waals surface area contributed by atoms with Crippen LogP contribution in [0.25, 0.3) is 5.65 Å². The summed E-state index contributed by atoms with van der Waals surface area (Å²) in [4.78, 5) is 14.7. The van der Waals surface area contributed by atoms with Crippen molar-refractivity contribution in [3.05, 3.63) is 66.1 Å². The SMILES string of the molecule is O=C(OCc1ccccc1)N1C2CCCC1CC(O)(c1ccc3nncn3c1)C2. The zero-order valence-corrected chi connectivity index (χ0v) is 16.1. The van der Waals surface area contributed by atoms with Gasteiger partial charge in [-0.2, -0.15) is 0 Å². The van der Waals surface area contributed by atoms with Gasteiger partial charge in [-0.15, -0.1) is 10.2 Å². The van der Waals surface area contributed by atoms with Gasteiger partial charge in [-0.05, 0) is 30.9 Å². The van der Waals surface area contributed by atoms with Gasteiger partial charge in [0.2, 0.25) is 0 Å². The number of amides is 1. The van der Waals surface area contributed by atoms with Crippen LogP contribution in [0.4, 0.5) is 4.79 Å². The van der Waals surface area contributed by atoms with Crippen LogP contribution in [0.3, 0.4) is 0 Å². The highest BCUT2D eigenvalue weighted by Crippen LogP contribution is 2.44. The second-order valence-electron chi connectivity index (χ2n) is 8.14. The van der Waals surface area contributed by atoms with E-state index in [0.717, 1.165) is 36.0 Å². The van der Waals surface area contributed by atoms with E-state index >= 15 is 0 Å². The summed E-state index contributed by atoms with van der Waals surface area (Å²) in [5.74, 6) is 0. The Morgan fingerprint density at radius 3 is 2.66 bits per heavy atom. The molecule has 29 heavy (non-hydrogen) atoms. The molecule has 2 aliphatic heterocycles. The highest BCUT2D eigenvalue weighted by molar-refractivity contribution is 5.69. The standard InChI is InChI=1S/C22H24N4O3/c27-21(29-14-16-5-2-1-3-6-16)26-18-7-4-8-19(26)12-22(28,11-18)17-9-10-20-24-23-15-25(20)13-17/h1-3,5-6,9-10,13,15,18-19,28H,4,7-8,11-12,14H2. The van der Waals surface area contributed by atoms with Gasteiger partial charge < -0.3 is 14.7 Å². The number of pyridine rings is 1. The summed E-state index contributed by atoms with van der Waals surface area (Å²) in [7, 11) is 0. The summed E-state index contributed by atoms with van der Waals surface area (Å²) >= 11 is 0. The molecule has 2 atom stereocenters. The Kier molecular flexibility index (Phi) is 4.47. The lowest BCUT2D eigenvalue weighted by Gasteiger charge is -2.51. The molecule has 3 aromatic rings. The number of benzene rings is 1. The number of aliphatic hydroxyl groups is 1. The van der Waals surface area contributed by atoms with Gasteiger partial charge in [-0.1, -0.05) is 36.4 Å². The fourth-order valence-corrected chi connectivity index (χ4v) is 4.86. The Morgan fingerprint density at radius 2 is 1.90 bits per heavy atom. The number of hydrogen-bond donors (Lipinski definition) is 1.